The largest absolute Gasteiger partial charge is 0.545 e. The first-order valence-corrected chi connectivity index (χ1v) is 7.39. The number of hydrogen-bond acceptors (Lipinski definition) is 3. The Labute approximate surface area is 131 Å². The van der Waals surface area contributed by atoms with Gasteiger partial charge in [-0.15, -0.1) is 0 Å². The molecule has 2 aromatic rings. The van der Waals surface area contributed by atoms with Crippen LogP contribution in [0, 0.1) is 0 Å². The summed E-state index contributed by atoms with van der Waals surface area (Å²) < 4.78 is 5.76. The maximum atomic E-state index is 10.9. The first kappa shape index (κ1) is 16.0. The Hall–Kier alpha value is -2.33. The lowest BCUT2D eigenvalue weighted by Gasteiger charge is -2.23. The lowest BCUT2D eigenvalue weighted by Crippen LogP contribution is -3.14. The number of carbonyl (C=O) groups excluding carboxylic acids is 1. The smallest absolute Gasteiger partial charge is 0.222 e. The Balaban J connectivity index is 2.00. The number of hydrogen-bond donors (Lipinski definition) is 1. The van der Waals surface area contributed by atoms with E-state index in [-0.39, 0.29) is 5.56 Å². The number of benzene rings is 2. The maximum absolute atomic E-state index is 10.9. The van der Waals surface area contributed by atoms with Crippen LogP contribution in [0.25, 0.3) is 0 Å². The van der Waals surface area contributed by atoms with E-state index in [2.05, 4.69) is 26.0 Å². The van der Waals surface area contributed by atoms with Gasteiger partial charge in [0.25, 0.3) is 0 Å². The average Bonchev–Trinajstić information content (AvgIpc) is 2.52. The third-order valence-corrected chi connectivity index (χ3v) is 3.58. The molecule has 0 bridgehead atoms. The van der Waals surface area contributed by atoms with Gasteiger partial charge in [0, 0.05) is 11.1 Å². The van der Waals surface area contributed by atoms with E-state index in [1.807, 2.05) is 18.2 Å². The first-order chi connectivity index (χ1) is 10.6. The van der Waals surface area contributed by atoms with Crippen molar-refractivity contribution in [1.29, 1.82) is 0 Å². The predicted octanol–water partition coefficient (Wildman–Crippen LogP) is 0.880. The van der Waals surface area contributed by atoms with E-state index in [0.29, 0.717) is 18.5 Å². The molecule has 4 heteroatoms. The van der Waals surface area contributed by atoms with Crippen molar-refractivity contribution >= 4 is 5.97 Å². The van der Waals surface area contributed by atoms with Crippen LogP contribution in [0.2, 0.25) is 0 Å². The van der Waals surface area contributed by atoms with Crippen molar-refractivity contribution < 1.29 is 19.5 Å². The monoisotopic (exact) mass is 299 g/mol. The molecule has 0 aliphatic rings. The van der Waals surface area contributed by atoms with Crippen molar-refractivity contribution in [3.05, 3.63) is 65.7 Å². The molecule has 0 radical (unpaired) electrons. The molecule has 0 spiro atoms. The second kappa shape index (κ2) is 7.61. The molecule has 1 atom stereocenters. The lowest BCUT2D eigenvalue weighted by molar-refractivity contribution is -0.949. The van der Waals surface area contributed by atoms with E-state index >= 15 is 0 Å². The van der Waals surface area contributed by atoms with Crippen LogP contribution in [-0.2, 0) is 6.54 Å². The van der Waals surface area contributed by atoms with Gasteiger partial charge in [-0.3, -0.25) is 4.90 Å². The molecule has 0 heterocycles. The van der Waals surface area contributed by atoms with Gasteiger partial charge in [-0.2, -0.15) is 0 Å². The Morgan fingerprint density at radius 1 is 1.14 bits per heavy atom. The molecule has 0 saturated carbocycles. The van der Waals surface area contributed by atoms with Crippen LogP contribution in [0.5, 0.6) is 5.75 Å². The molecular weight excluding hydrogens is 278 g/mol. The Morgan fingerprint density at radius 3 is 2.50 bits per heavy atom. The molecule has 2 aromatic carbocycles. The molecule has 2 rings (SSSR count). The second-order valence-corrected chi connectivity index (χ2v) is 5.58. The summed E-state index contributed by atoms with van der Waals surface area (Å²) in [6.45, 7) is 5.61. The highest BCUT2D eigenvalue weighted by Crippen LogP contribution is 2.12. The molecule has 4 nitrogen and oxygen atoms in total. The minimum Gasteiger partial charge on any atom is -0.545 e. The number of carbonyl (C=O) groups is 1. The van der Waals surface area contributed by atoms with Gasteiger partial charge in [0.05, 0.1) is 12.0 Å². The van der Waals surface area contributed by atoms with Crippen LogP contribution in [0.15, 0.2) is 54.6 Å². The van der Waals surface area contributed by atoms with Crippen LogP contribution in [0.1, 0.15) is 29.8 Å². The molecule has 0 aliphatic carbocycles. The van der Waals surface area contributed by atoms with Gasteiger partial charge in [-0.05, 0) is 26.0 Å². The summed E-state index contributed by atoms with van der Waals surface area (Å²) in [5.41, 5.74) is 1.38. The molecule has 0 fully saturated rings. The average molecular weight is 299 g/mol. The van der Waals surface area contributed by atoms with Gasteiger partial charge in [0.15, 0.2) is 0 Å². The predicted molar refractivity (Wildman–Crippen MR) is 82.5 cm³/mol. The summed E-state index contributed by atoms with van der Waals surface area (Å²) >= 11 is 0. The number of carboxylic acids is 1. The van der Waals surface area contributed by atoms with E-state index in [1.165, 1.54) is 22.6 Å². The van der Waals surface area contributed by atoms with Crippen LogP contribution < -0.4 is 14.7 Å². The molecule has 0 aliphatic heterocycles. The summed E-state index contributed by atoms with van der Waals surface area (Å²) in [6.07, 6.45) is 0. The van der Waals surface area contributed by atoms with Crippen molar-refractivity contribution in [3.63, 3.8) is 0 Å². The molecule has 0 aromatic heterocycles. The van der Waals surface area contributed by atoms with Crippen molar-refractivity contribution in [2.45, 2.75) is 26.4 Å². The van der Waals surface area contributed by atoms with Crippen molar-refractivity contribution in [2.24, 2.45) is 0 Å². The Kier molecular flexibility index (Phi) is 5.55. The maximum Gasteiger partial charge on any atom is 0.222 e. The van der Waals surface area contributed by atoms with Crippen LogP contribution in [0.3, 0.4) is 0 Å². The van der Waals surface area contributed by atoms with E-state index in [9.17, 15) is 9.90 Å². The van der Waals surface area contributed by atoms with Gasteiger partial charge in [-0.1, -0.05) is 42.5 Å². The van der Waals surface area contributed by atoms with Crippen molar-refractivity contribution in [3.8, 4) is 5.75 Å². The molecule has 1 unspecified atom stereocenters. The van der Waals surface area contributed by atoms with Crippen molar-refractivity contribution in [2.75, 3.05) is 6.73 Å². The normalized spacial score (nSPS) is 12.1. The third-order valence-electron chi connectivity index (χ3n) is 3.58. The molecule has 1 N–H and O–H groups in total. The molecule has 116 valence electrons. The topological polar surface area (TPSA) is 53.8 Å². The Bertz CT molecular complexity index is 611. The molecule has 0 saturated heterocycles. The van der Waals surface area contributed by atoms with Gasteiger partial charge < -0.3 is 14.6 Å². The summed E-state index contributed by atoms with van der Waals surface area (Å²) in [6, 6.07) is 17.0. The van der Waals surface area contributed by atoms with Crippen LogP contribution in [-0.4, -0.2) is 18.7 Å². The zero-order chi connectivity index (χ0) is 15.9. The van der Waals surface area contributed by atoms with Gasteiger partial charge >= 0.3 is 0 Å². The van der Waals surface area contributed by atoms with E-state index in [0.717, 1.165) is 6.54 Å². The highest BCUT2D eigenvalue weighted by atomic mass is 16.5. The summed E-state index contributed by atoms with van der Waals surface area (Å²) in [5, 5.41) is 10.9. The fraction of sp³-hybridized carbons (Fsp3) is 0.278. The number of quaternary nitrogens is 1. The highest BCUT2D eigenvalue weighted by Gasteiger charge is 2.14. The number of ether oxygens (including phenoxy) is 1. The minimum absolute atomic E-state index is 0.131. The SMILES string of the molecule is CC(C)[NH+](COc1cccc(C(=O)[O-])c1)Cc1ccccc1. The highest BCUT2D eigenvalue weighted by molar-refractivity contribution is 5.86. The Morgan fingerprint density at radius 2 is 1.86 bits per heavy atom. The summed E-state index contributed by atoms with van der Waals surface area (Å²) in [4.78, 5) is 12.1. The first-order valence-electron chi connectivity index (χ1n) is 7.39. The minimum atomic E-state index is -1.19. The second-order valence-electron chi connectivity index (χ2n) is 5.58. The lowest BCUT2D eigenvalue weighted by atomic mass is 10.2. The third kappa shape index (κ3) is 4.60. The van der Waals surface area contributed by atoms with E-state index < -0.39 is 5.97 Å². The summed E-state index contributed by atoms with van der Waals surface area (Å²) in [5.74, 6) is -0.643. The van der Waals surface area contributed by atoms with E-state index in [4.69, 9.17) is 4.74 Å². The molecule has 22 heavy (non-hydrogen) atoms. The number of aromatic carboxylic acids is 1. The van der Waals surface area contributed by atoms with Crippen molar-refractivity contribution in [1.82, 2.24) is 0 Å². The van der Waals surface area contributed by atoms with Gasteiger partial charge in [0.2, 0.25) is 6.73 Å². The number of nitrogens with one attached hydrogen (secondary N) is 1. The standard InChI is InChI=1S/C18H21NO3/c1-14(2)19(12-15-7-4-3-5-8-15)13-22-17-10-6-9-16(11-17)18(20)21/h3-11,14H,12-13H2,1-2H3,(H,20,21). The zero-order valence-electron chi connectivity index (χ0n) is 12.9. The zero-order valence-corrected chi connectivity index (χ0v) is 12.9. The van der Waals surface area contributed by atoms with Crippen LogP contribution >= 0.6 is 0 Å². The van der Waals surface area contributed by atoms with E-state index in [1.54, 1.807) is 12.1 Å². The molecule has 0 amide bonds. The summed E-state index contributed by atoms with van der Waals surface area (Å²) in [7, 11) is 0. The fourth-order valence-corrected chi connectivity index (χ4v) is 2.17. The van der Waals surface area contributed by atoms with Gasteiger partial charge in [-0.25, -0.2) is 0 Å². The number of rotatable bonds is 7. The van der Waals surface area contributed by atoms with Crippen LogP contribution in [0.4, 0.5) is 0 Å². The molecular formula is C18H21NO3. The fourth-order valence-electron chi connectivity index (χ4n) is 2.17. The quantitative estimate of drug-likeness (QED) is 0.772. The number of carboxylic acid groups (broad SMARTS) is 1. The van der Waals surface area contributed by atoms with Gasteiger partial charge in [0.1, 0.15) is 12.3 Å².